The summed E-state index contributed by atoms with van der Waals surface area (Å²) in [7, 11) is 2.09. The topological polar surface area (TPSA) is 52.4 Å². The number of ether oxygens (including phenoxy) is 2. The maximum atomic E-state index is 6.35. The fourth-order valence-corrected chi connectivity index (χ4v) is 4.92. The highest BCUT2D eigenvalue weighted by atomic mass is 35.5. The average molecular weight is 441 g/mol. The number of hydrogen-bond donors (Lipinski definition) is 0. The Morgan fingerprint density at radius 3 is 2.84 bits per heavy atom. The Balaban J connectivity index is 1.23. The molecular formula is C24H29ClN4O2. The van der Waals surface area contributed by atoms with Gasteiger partial charge in [-0.15, -0.1) is 0 Å². The Labute approximate surface area is 188 Å². The van der Waals surface area contributed by atoms with Crippen LogP contribution in [0.15, 0.2) is 36.7 Å². The van der Waals surface area contributed by atoms with Gasteiger partial charge in [0.2, 0.25) is 0 Å². The molecule has 2 aromatic heterocycles. The van der Waals surface area contributed by atoms with Crippen LogP contribution in [0.2, 0.25) is 5.02 Å². The molecule has 1 atom stereocenters. The molecule has 1 aromatic carbocycles. The minimum absolute atomic E-state index is 0.467. The summed E-state index contributed by atoms with van der Waals surface area (Å²) in [6, 6.07) is 8.09. The van der Waals surface area contributed by atoms with E-state index in [9.17, 15) is 0 Å². The van der Waals surface area contributed by atoms with Crippen molar-refractivity contribution in [3.63, 3.8) is 0 Å². The van der Waals surface area contributed by atoms with Crippen molar-refractivity contribution < 1.29 is 9.47 Å². The van der Waals surface area contributed by atoms with Crippen LogP contribution in [0.5, 0.6) is 5.75 Å². The van der Waals surface area contributed by atoms with Crippen molar-refractivity contribution in [2.75, 3.05) is 32.9 Å². The first-order valence-corrected chi connectivity index (χ1v) is 11.5. The zero-order valence-electron chi connectivity index (χ0n) is 18.0. The lowest BCUT2D eigenvalue weighted by Crippen LogP contribution is -2.33. The fraction of sp³-hybridized carbons (Fsp3) is 0.500. The van der Waals surface area contributed by atoms with Crippen LogP contribution in [0.1, 0.15) is 36.6 Å². The van der Waals surface area contributed by atoms with Crippen molar-refractivity contribution >= 4 is 22.6 Å². The molecule has 0 bridgehead atoms. The second-order valence-electron chi connectivity index (χ2n) is 8.72. The van der Waals surface area contributed by atoms with E-state index in [1.807, 2.05) is 30.6 Å². The summed E-state index contributed by atoms with van der Waals surface area (Å²) in [5.41, 5.74) is 3.34. The molecule has 0 N–H and O–H groups in total. The van der Waals surface area contributed by atoms with Gasteiger partial charge in [0.05, 0.1) is 31.5 Å². The third-order valence-electron chi connectivity index (χ3n) is 6.64. The van der Waals surface area contributed by atoms with Gasteiger partial charge in [0.15, 0.2) is 0 Å². The SMILES string of the molecule is Cn1c(CN2CCC(c3cc(Cl)ccc3OCC3CCOC3)CC2)nc2cnccc21. The van der Waals surface area contributed by atoms with Crippen molar-refractivity contribution in [3.8, 4) is 5.75 Å². The van der Waals surface area contributed by atoms with Gasteiger partial charge < -0.3 is 14.0 Å². The highest BCUT2D eigenvalue weighted by Gasteiger charge is 2.25. The number of aryl methyl sites for hydroxylation is 1. The van der Waals surface area contributed by atoms with Crippen LogP contribution in [0.3, 0.4) is 0 Å². The predicted octanol–water partition coefficient (Wildman–Crippen LogP) is 4.42. The second-order valence-corrected chi connectivity index (χ2v) is 9.16. The largest absolute Gasteiger partial charge is 0.493 e. The minimum Gasteiger partial charge on any atom is -0.493 e. The van der Waals surface area contributed by atoms with Crippen molar-refractivity contribution in [1.29, 1.82) is 0 Å². The summed E-state index contributed by atoms with van der Waals surface area (Å²) in [4.78, 5) is 11.5. The number of fused-ring (bicyclic) bond motifs is 1. The Kier molecular flexibility index (Phi) is 6.12. The van der Waals surface area contributed by atoms with Crippen LogP contribution in [0.4, 0.5) is 0 Å². The number of imidazole rings is 1. The van der Waals surface area contributed by atoms with E-state index in [0.717, 1.165) is 86.3 Å². The van der Waals surface area contributed by atoms with Crippen molar-refractivity contribution in [1.82, 2.24) is 19.4 Å². The molecule has 164 valence electrons. The van der Waals surface area contributed by atoms with E-state index in [1.54, 1.807) is 0 Å². The number of halogens is 1. The number of aromatic nitrogens is 3. The molecular weight excluding hydrogens is 412 g/mol. The van der Waals surface area contributed by atoms with E-state index >= 15 is 0 Å². The summed E-state index contributed by atoms with van der Waals surface area (Å²) in [6.07, 6.45) is 6.93. The van der Waals surface area contributed by atoms with Crippen LogP contribution in [0.25, 0.3) is 11.0 Å². The van der Waals surface area contributed by atoms with E-state index in [0.29, 0.717) is 11.8 Å². The Morgan fingerprint density at radius 2 is 2.06 bits per heavy atom. The maximum Gasteiger partial charge on any atom is 0.123 e. The summed E-state index contributed by atoms with van der Waals surface area (Å²) >= 11 is 6.35. The van der Waals surface area contributed by atoms with Gasteiger partial charge in [-0.3, -0.25) is 9.88 Å². The van der Waals surface area contributed by atoms with Gasteiger partial charge in [-0.2, -0.15) is 0 Å². The van der Waals surface area contributed by atoms with Crippen LogP contribution in [0, 0.1) is 5.92 Å². The van der Waals surface area contributed by atoms with Gasteiger partial charge in [0.25, 0.3) is 0 Å². The van der Waals surface area contributed by atoms with Crippen molar-refractivity contribution in [3.05, 3.63) is 53.1 Å². The molecule has 0 spiro atoms. The van der Waals surface area contributed by atoms with Gasteiger partial charge in [0.1, 0.15) is 17.1 Å². The molecule has 0 radical (unpaired) electrons. The molecule has 2 fully saturated rings. The average Bonchev–Trinajstić information content (AvgIpc) is 3.42. The molecule has 4 heterocycles. The Bertz CT molecular complexity index is 1040. The molecule has 2 aliphatic rings. The standard InChI is InChI=1S/C24H29ClN4O2/c1-28-22-4-8-26-13-21(22)27-24(28)14-29-9-5-18(6-10-29)20-12-19(25)2-3-23(20)31-16-17-7-11-30-15-17/h2-4,8,12-13,17-18H,5-7,9-11,14-16H2,1H3. The van der Waals surface area contributed by atoms with Crippen molar-refractivity contribution in [2.24, 2.45) is 13.0 Å². The number of nitrogens with zero attached hydrogens (tertiary/aromatic N) is 4. The molecule has 31 heavy (non-hydrogen) atoms. The molecule has 0 aliphatic carbocycles. The lowest BCUT2D eigenvalue weighted by Gasteiger charge is -2.32. The summed E-state index contributed by atoms with van der Waals surface area (Å²) < 4.78 is 13.9. The third kappa shape index (κ3) is 4.56. The first-order chi connectivity index (χ1) is 15.2. The number of benzene rings is 1. The smallest absolute Gasteiger partial charge is 0.123 e. The maximum absolute atomic E-state index is 6.35. The highest BCUT2D eigenvalue weighted by molar-refractivity contribution is 6.30. The highest BCUT2D eigenvalue weighted by Crippen LogP contribution is 2.36. The summed E-state index contributed by atoms with van der Waals surface area (Å²) in [5, 5.41) is 0.780. The van der Waals surface area contributed by atoms with Gasteiger partial charge in [-0.1, -0.05) is 11.6 Å². The third-order valence-corrected chi connectivity index (χ3v) is 6.87. The molecule has 7 heteroatoms. The second kappa shape index (κ2) is 9.15. The molecule has 1 unspecified atom stereocenters. The quantitative estimate of drug-likeness (QED) is 0.568. The van der Waals surface area contributed by atoms with E-state index in [2.05, 4.69) is 27.6 Å². The molecule has 0 saturated carbocycles. The molecule has 3 aromatic rings. The number of likely N-dealkylation sites (tertiary alicyclic amines) is 1. The lowest BCUT2D eigenvalue weighted by molar-refractivity contribution is 0.165. The molecule has 0 amide bonds. The molecule has 2 saturated heterocycles. The Morgan fingerprint density at radius 1 is 1.19 bits per heavy atom. The normalized spacial score (nSPS) is 20.5. The fourth-order valence-electron chi connectivity index (χ4n) is 4.74. The monoisotopic (exact) mass is 440 g/mol. The molecule has 2 aliphatic heterocycles. The lowest BCUT2D eigenvalue weighted by atomic mass is 9.88. The number of rotatable bonds is 6. The van der Waals surface area contributed by atoms with E-state index < -0.39 is 0 Å². The van der Waals surface area contributed by atoms with Crippen LogP contribution >= 0.6 is 11.6 Å². The van der Waals surface area contributed by atoms with Gasteiger partial charge in [-0.05, 0) is 68.1 Å². The van der Waals surface area contributed by atoms with Gasteiger partial charge >= 0.3 is 0 Å². The first-order valence-electron chi connectivity index (χ1n) is 11.1. The van der Waals surface area contributed by atoms with E-state index in [-0.39, 0.29) is 0 Å². The summed E-state index contributed by atoms with van der Waals surface area (Å²) in [6.45, 7) is 5.30. The molecule has 5 rings (SSSR count). The zero-order valence-corrected chi connectivity index (χ0v) is 18.7. The first kappa shape index (κ1) is 20.7. The number of pyridine rings is 1. The Hall–Kier alpha value is -2.15. The molecule has 6 nitrogen and oxygen atoms in total. The van der Waals surface area contributed by atoms with Crippen LogP contribution in [-0.2, 0) is 18.3 Å². The zero-order chi connectivity index (χ0) is 21.2. The number of hydrogen-bond acceptors (Lipinski definition) is 5. The van der Waals surface area contributed by atoms with Crippen molar-refractivity contribution in [2.45, 2.75) is 31.7 Å². The predicted molar refractivity (Wildman–Crippen MR) is 122 cm³/mol. The number of piperidine rings is 1. The summed E-state index contributed by atoms with van der Waals surface area (Å²) in [5.74, 6) is 3.04. The van der Waals surface area contributed by atoms with Gasteiger partial charge in [0, 0.05) is 30.8 Å². The van der Waals surface area contributed by atoms with E-state index in [4.69, 9.17) is 26.1 Å². The van der Waals surface area contributed by atoms with Crippen LogP contribution < -0.4 is 4.74 Å². The van der Waals surface area contributed by atoms with E-state index in [1.165, 1.54) is 5.56 Å². The van der Waals surface area contributed by atoms with Crippen LogP contribution in [-0.4, -0.2) is 52.3 Å². The minimum atomic E-state index is 0.467. The van der Waals surface area contributed by atoms with Gasteiger partial charge in [-0.25, -0.2) is 4.98 Å².